The molecule has 6 heteroatoms. The van der Waals surface area contributed by atoms with Crippen molar-refractivity contribution in [2.45, 2.75) is 4.90 Å². The number of benzene rings is 1. The van der Waals surface area contributed by atoms with E-state index in [1.54, 1.807) is 0 Å². The summed E-state index contributed by atoms with van der Waals surface area (Å²) in [7, 11) is -3.77. The molecule has 0 bridgehead atoms. The maximum absolute atomic E-state index is 11.4. The molecule has 14 heavy (non-hydrogen) atoms. The number of carboxylic acids is 1. The van der Waals surface area contributed by atoms with Crippen molar-refractivity contribution in [3.63, 3.8) is 0 Å². The number of sulfone groups is 1. The van der Waals surface area contributed by atoms with Gasteiger partial charge in [0.25, 0.3) is 0 Å². The lowest BCUT2D eigenvalue weighted by atomic mass is 10.4. The van der Waals surface area contributed by atoms with Crippen LogP contribution in [-0.4, -0.2) is 25.2 Å². The Kier molecular flexibility index (Phi) is 3.13. The van der Waals surface area contributed by atoms with Gasteiger partial charge < -0.3 is 5.11 Å². The van der Waals surface area contributed by atoms with Crippen molar-refractivity contribution in [3.05, 3.63) is 29.3 Å². The summed E-state index contributed by atoms with van der Waals surface area (Å²) in [4.78, 5) is 10.2. The van der Waals surface area contributed by atoms with Gasteiger partial charge in [0.05, 0.1) is 4.90 Å². The highest BCUT2D eigenvalue weighted by atomic mass is 35.5. The highest BCUT2D eigenvalue weighted by molar-refractivity contribution is 7.92. The Morgan fingerprint density at radius 3 is 2.57 bits per heavy atom. The minimum atomic E-state index is -3.77. The molecule has 0 aromatic heterocycles. The van der Waals surface area contributed by atoms with Gasteiger partial charge in [0.15, 0.2) is 15.6 Å². The molecule has 0 heterocycles. The zero-order valence-electron chi connectivity index (χ0n) is 6.97. The van der Waals surface area contributed by atoms with Crippen LogP contribution >= 0.6 is 11.6 Å². The molecular weight excluding hydrogens is 228 g/mol. The fourth-order valence-electron chi connectivity index (χ4n) is 0.906. The molecule has 0 aliphatic rings. The Bertz CT molecular complexity index is 452. The predicted molar refractivity (Wildman–Crippen MR) is 51.1 cm³/mol. The van der Waals surface area contributed by atoms with Gasteiger partial charge in [-0.1, -0.05) is 17.7 Å². The molecule has 1 rings (SSSR count). The number of aliphatic carboxylic acids is 1. The fraction of sp³-hybridized carbons (Fsp3) is 0.125. The van der Waals surface area contributed by atoms with Crippen LogP contribution in [-0.2, 0) is 14.6 Å². The third-order valence-electron chi connectivity index (χ3n) is 1.47. The first kappa shape index (κ1) is 11.0. The smallest absolute Gasteiger partial charge is 0.319 e. The average Bonchev–Trinajstić information content (AvgIpc) is 2.01. The first-order valence-electron chi connectivity index (χ1n) is 3.62. The van der Waals surface area contributed by atoms with Crippen molar-refractivity contribution in [2.24, 2.45) is 0 Å². The summed E-state index contributed by atoms with van der Waals surface area (Å²) in [6, 6.07) is 5.50. The van der Waals surface area contributed by atoms with Crippen LogP contribution in [0.3, 0.4) is 0 Å². The van der Waals surface area contributed by atoms with Gasteiger partial charge in [0.1, 0.15) is 0 Å². The van der Waals surface area contributed by atoms with Crippen LogP contribution < -0.4 is 0 Å². The molecule has 1 aromatic carbocycles. The molecule has 0 amide bonds. The maximum Gasteiger partial charge on any atom is 0.319 e. The van der Waals surface area contributed by atoms with Crippen LogP contribution in [0, 0.1) is 0 Å². The number of hydrogen-bond donors (Lipinski definition) is 1. The SMILES string of the molecule is O=C(O)CS(=O)(=O)c1cccc(Cl)c1. The average molecular weight is 235 g/mol. The number of carboxylic acid groups (broad SMARTS) is 1. The Morgan fingerprint density at radius 1 is 1.43 bits per heavy atom. The second-order valence-corrected chi connectivity index (χ2v) is 5.04. The van der Waals surface area contributed by atoms with Gasteiger partial charge in [-0.2, -0.15) is 0 Å². The molecule has 0 saturated carbocycles. The van der Waals surface area contributed by atoms with Gasteiger partial charge in [-0.15, -0.1) is 0 Å². The summed E-state index contributed by atoms with van der Waals surface area (Å²) >= 11 is 5.58. The summed E-state index contributed by atoms with van der Waals surface area (Å²) in [6.07, 6.45) is 0. The van der Waals surface area contributed by atoms with Gasteiger partial charge in [-0.05, 0) is 18.2 Å². The highest BCUT2D eigenvalue weighted by Crippen LogP contribution is 2.16. The molecule has 1 aromatic rings. The van der Waals surface area contributed by atoms with Crippen LogP contribution in [0.4, 0.5) is 0 Å². The first-order valence-corrected chi connectivity index (χ1v) is 5.65. The molecule has 0 aliphatic carbocycles. The standard InChI is InChI=1S/C8H7ClO4S/c9-6-2-1-3-7(4-6)14(12,13)5-8(10)11/h1-4H,5H2,(H,10,11). The van der Waals surface area contributed by atoms with Crippen molar-refractivity contribution in [1.29, 1.82) is 0 Å². The van der Waals surface area contributed by atoms with E-state index in [9.17, 15) is 13.2 Å². The molecule has 0 radical (unpaired) electrons. The van der Waals surface area contributed by atoms with E-state index in [0.717, 1.165) is 0 Å². The summed E-state index contributed by atoms with van der Waals surface area (Å²) in [5.41, 5.74) is 0. The van der Waals surface area contributed by atoms with Crippen LogP contribution in [0.2, 0.25) is 5.02 Å². The van der Waals surface area contributed by atoms with Gasteiger partial charge >= 0.3 is 5.97 Å². The zero-order chi connectivity index (χ0) is 10.8. The van der Waals surface area contributed by atoms with Gasteiger partial charge in [0, 0.05) is 5.02 Å². The van der Waals surface area contributed by atoms with Crippen LogP contribution in [0.15, 0.2) is 29.2 Å². The lowest BCUT2D eigenvalue weighted by Crippen LogP contribution is -2.15. The van der Waals surface area contributed by atoms with Crippen LogP contribution in [0.25, 0.3) is 0 Å². The topological polar surface area (TPSA) is 71.4 Å². The van der Waals surface area contributed by atoms with Crippen molar-refractivity contribution in [1.82, 2.24) is 0 Å². The lowest BCUT2D eigenvalue weighted by molar-refractivity contribution is -0.134. The van der Waals surface area contributed by atoms with Crippen molar-refractivity contribution in [3.8, 4) is 0 Å². The van der Waals surface area contributed by atoms with Crippen LogP contribution in [0.1, 0.15) is 0 Å². The van der Waals surface area contributed by atoms with E-state index in [1.807, 2.05) is 0 Å². The molecule has 0 aliphatic heterocycles. The number of rotatable bonds is 3. The maximum atomic E-state index is 11.4. The number of hydrogen-bond acceptors (Lipinski definition) is 3. The van der Waals surface area contributed by atoms with Crippen LogP contribution in [0.5, 0.6) is 0 Å². The number of carbonyl (C=O) groups is 1. The second kappa shape index (κ2) is 3.98. The van der Waals surface area contributed by atoms with E-state index in [1.165, 1.54) is 24.3 Å². The minimum Gasteiger partial charge on any atom is -0.480 e. The molecule has 1 N–H and O–H groups in total. The van der Waals surface area contributed by atoms with E-state index >= 15 is 0 Å². The predicted octanol–water partition coefficient (Wildman–Crippen LogP) is 1.20. The fourth-order valence-corrected chi connectivity index (χ4v) is 2.25. The van der Waals surface area contributed by atoms with E-state index in [2.05, 4.69) is 0 Å². The minimum absolute atomic E-state index is 0.0765. The Balaban J connectivity index is 3.11. The van der Waals surface area contributed by atoms with Gasteiger partial charge in [-0.3, -0.25) is 4.79 Å². The zero-order valence-corrected chi connectivity index (χ0v) is 8.55. The molecule has 76 valence electrons. The van der Waals surface area contributed by atoms with E-state index in [0.29, 0.717) is 0 Å². The highest BCUT2D eigenvalue weighted by Gasteiger charge is 2.18. The molecule has 4 nitrogen and oxygen atoms in total. The molecular formula is C8H7ClO4S. The van der Waals surface area contributed by atoms with Gasteiger partial charge in [-0.25, -0.2) is 8.42 Å². The Hall–Kier alpha value is -1.07. The normalized spacial score (nSPS) is 11.2. The van der Waals surface area contributed by atoms with Crippen molar-refractivity contribution < 1.29 is 18.3 Å². The van der Waals surface area contributed by atoms with E-state index < -0.39 is 21.6 Å². The van der Waals surface area contributed by atoms with Crippen molar-refractivity contribution in [2.75, 3.05) is 5.75 Å². The first-order chi connectivity index (χ1) is 6.42. The summed E-state index contributed by atoms with van der Waals surface area (Å²) in [5.74, 6) is -2.31. The summed E-state index contributed by atoms with van der Waals surface area (Å²) in [5, 5.41) is 8.63. The van der Waals surface area contributed by atoms with Gasteiger partial charge in [0.2, 0.25) is 0 Å². The molecule has 0 fully saturated rings. The van der Waals surface area contributed by atoms with Crippen molar-refractivity contribution >= 4 is 27.4 Å². The quantitative estimate of drug-likeness (QED) is 0.853. The number of halogens is 1. The third kappa shape index (κ3) is 2.71. The monoisotopic (exact) mass is 234 g/mol. The second-order valence-electron chi connectivity index (χ2n) is 2.61. The molecule has 0 atom stereocenters. The lowest BCUT2D eigenvalue weighted by Gasteiger charge is -2.00. The Labute approximate surface area is 86.0 Å². The molecule has 0 saturated heterocycles. The third-order valence-corrected chi connectivity index (χ3v) is 3.30. The largest absolute Gasteiger partial charge is 0.480 e. The van der Waals surface area contributed by atoms with E-state index in [4.69, 9.17) is 16.7 Å². The Morgan fingerprint density at radius 2 is 2.07 bits per heavy atom. The molecule has 0 unspecified atom stereocenters. The molecule has 0 spiro atoms. The summed E-state index contributed by atoms with van der Waals surface area (Å²) in [6.45, 7) is 0. The van der Waals surface area contributed by atoms with E-state index in [-0.39, 0.29) is 9.92 Å². The summed E-state index contributed by atoms with van der Waals surface area (Å²) < 4.78 is 22.7.